The Morgan fingerprint density at radius 2 is 2.10 bits per heavy atom. The highest BCUT2D eigenvalue weighted by Gasteiger charge is 2.15. The summed E-state index contributed by atoms with van der Waals surface area (Å²) in [4.78, 5) is 8.83. The Morgan fingerprint density at radius 3 is 2.71 bits per heavy atom. The normalized spacial score (nSPS) is 12.0. The van der Waals surface area contributed by atoms with Gasteiger partial charge in [-0.2, -0.15) is 4.98 Å². The molecule has 0 radical (unpaired) electrons. The minimum Gasteiger partial charge on any atom is -0.481 e. The van der Waals surface area contributed by atoms with Crippen LogP contribution in [0.2, 0.25) is 0 Å². The first-order valence-corrected chi connectivity index (χ1v) is 9.03. The summed E-state index contributed by atoms with van der Waals surface area (Å²) in [6, 6.07) is 3.54. The van der Waals surface area contributed by atoms with E-state index in [4.69, 9.17) is 16.3 Å². The molecule has 0 aliphatic rings. The molecular weight excluding hydrogens is 314 g/mol. The number of ether oxygens (including phenoxy) is 1. The zero-order valence-corrected chi connectivity index (χ0v) is 13.6. The number of fused-ring (bicyclic) bond motifs is 1. The van der Waals surface area contributed by atoms with Crippen LogP contribution in [-0.2, 0) is 22.8 Å². The van der Waals surface area contributed by atoms with Crippen LogP contribution in [0, 0.1) is 0 Å². The summed E-state index contributed by atoms with van der Waals surface area (Å²) in [6.45, 7) is 1.96. The summed E-state index contributed by atoms with van der Waals surface area (Å²) in [5.41, 5.74) is 1.34. The Bertz CT molecular complexity index is 728. The van der Waals surface area contributed by atoms with Gasteiger partial charge in [-0.25, -0.2) is 13.4 Å². The van der Waals surface area contributed by atoms with Gasteiger partial charge in [0.25, 0.3) is 0 Å². The van der Waals surface area contributed by atoms with E-state index in [9.17, 15) is 8.42 Å². The summed E-state index contributed by atoms with van der Waals surface area (Å²) in [5, 5.41) is 0. The van der Waals surface area contributed by atoms with Crippen molar-refractivity contribution in [3.63, 3.8) is 0 Å². The number of rotatable bonds is 7. The summed E-state index contributed by atoms with van der Waals surface area (Å²) >= 11 is 5.79. The molecule has 21 heavy (non-hydrogen) atoms. The molecule has 2 heterocycles. The molecule has 0 aliphatic carbocycles. The van der Waals surface area contributed by atoms with Gasteiger partial charge in [-0.15, -0.1) is 11.6 Å². The van der Waals surface area contributed by atoms with E-state index >= 15 is 0 Å². The number of aromatic nitrogens is 3. The van der Waals surface area contributed by atoms with Crippen molar-refractivity contribution >= 4 is 32.6 Å². The van der Waals surface area contributed by atoms with Gasteiger partial charge in [0.15, 0.2) is 15.5 Å². The van der Waals surface area contributed by atoms with Crippen LogP contribution >= 0.6 is 11.6 Å². The second-order valence-corrected chi connectivity index (χ2v) is 7.40. The highest BCUT2D eigenvalue weighted by molar-refractivity contribution is 7.91. The molecule has 0 bridgehead atoms. The van der Waals surface area contributed by atoms with E-state index in [0.717, 1.165) is 5.82 Å². The maximum absolute atomic E-state index is 11.7. The maximum atomic E-state index is 11.7. The Kier molecular flexibility index (Phi) is 5.05. The first kappa shape index (κ1) is 16.0. The van der Waals surface area contributed by atoms with Gasteiger partial charge in [0, 0.05) is 30.7 Å². The molecule has 0 unspecified atom stereocenters. The van der Waals surface area contributed by atoms with Gasteiger partial charge in [-0.05, 0) is 6.07 Å². The molecule has 0 spiro atoms. The van der Waals surface area contributed by atoms with Crippen LogP contribution in [0.15, 0.2) is 12.1 Å². The summed E-state index contributed by atoms with van der Waals surface area (Å²) in [6.07, 6.45) is 0.562. The van der Waals surface area contributed by atoms with Crippen LogP contribution in [0.1, 0.15) is 12.7 Å². The van der Waals surface area contributed by atoms with Gasteiger partial charge in [0.2, 0.25) is 5.88 Å². The predicted molar refractivity (Wildman–Crippen MR) is 82.8 cm³/mol. The zero-order chi connectivity index (χ0) is 15.5. The van der Waals surface area contributed by atoms with Gasteiger partial charge < -0.3 is 9.30 Å². The van der Waals surface area contributed by atoms with E-state index in [-0.39, 0.29) is 11.5 Å². The van der Waals surface area contributed by atoms with E-state index < -0.39 is 9.84 Å². The smallest absolute Gasteiger partial charge is 0.215 e. The van der Waals surface area contributed by atoms with E-state index in [1.165, 1.54) is 7.11 Å². The van der Waals surface area contributed by atoms with Crippen LogP contribution in [0.25, 0.3) is 11.2 Å². The number of hydrogen-bond acceptors (Lipinski definition) is 5. The fourth-order valence-electron chi connectivity index (χ4n) is 2.03. The van der Waals surface area contributed by atoms with Crippen molar-refractivity contribution in [1.29, 1.82) is 0 Å². The largest absolute Gasteiger partial charge is 0.481 e. The minimum atomic E-state index is -3.05. The van der Waals surface area contributed by atoms with Gasteiger partial charge >= 0.3 is 0 Å². The molecule has 0 amide bonds. The summed E-state index contributed by atoms with van der Waals surface area (Å²) < 4.78 is 30.4. The number of aryl methyl sites for hydroxylation is 2. The minimum absolute atomic E-state index is 0.0587. The third-order valence-electron chi connectivity index (χ3n) is 3.24. The molecule has 0 fully saturated rings. The molecule has 6 nitrogen and oxygen atoms in total. The molecule has 0 aliphatic heterocycles. The van der Waals surface area contributed by atoms with Gasteiger partial charge in [-0.1, -0.05) is 6.92 Å². The number of methoxy groups -OCH3 is 1. The molecular formula is C13H18ClN3O3S. The molecule has 0 saturated carbocycles. The third kappa shape index (κ3) is 3.65. The van der Waals surface area contributed by atoms with E-state index in [2.05, 4.69) is 9.97 Å². The molecule has 0 aromatic carbocycles. The number of sulfone groups is 1. The van der Waals surface area contributed by atoms with Crippen molar-refractivity contribution in [3.8, 4) is 5.88 Å². The van der Waals surface area contributed by atoms with E-state index in [0.29, 0.717) is 35.9 Å². The molecule has 0 atom stereocenters. The lowest BCUT2D eigenvalue weighted by Crippen LogP contribution is -2.16. The van der Waals surface area contributed by atoms with Crippen molar-refractivity contribution in [1.82, 2.24) is 14.5 Å². The Labute approximate surface area is 129 Å². The van der Waals surface area contributed by atoms with Crippen LogP contribution in [-0.4, -0.2) is 47.4 Å². The van der Waals surface area contributed by atoms with Crippen molar-refractivity contribution in [3.05, 3.63) is 18.0 Å². The average Bonchev–Trinajstić information content (AvgIpc) is 2.82. The third-order valence-corrected chi connectivity index (χ3v) is 5.11. The number of hydrogen-bond donors (Lipinski definition) is 0. The highest BCUT2D eigenvalue weighted by Crippen LogP contribution is 2.19. The monoisotopic (exact) mass is 331 g/mol. The number of nitrogens with zero attached hydrogens (tertiary/aromatic N) is 3. The molecule has 2 rings (SSSR count). The molecule has 0 saturated heterocycles. The molecule has 0 N–H and O–H groups in total. The maximum Gasteiger partial charge on any atom is 0.215 e. The van der Waals surface area contributed by atoms with Crippen LogP contribution in [0.4, 0.5) is 0 Å². The van der Waals surface area contributed by atoms with Crippen molar-refractivity contribution in [2.24, 2.45) is 0 Å². The van der Waals surface area contributed by atoms with Crippen LogP contribution in [0.3, 0.4) is 0 Å². The fourth-order valence-corrected chi connectivity index (χ4v) is 2.95. The van der Waals surface area contributed by atoms with E-state index in [1.807, 2.05) is 10.6 Å². The summed E-state index contributed by atoms with van der Waals surface area (Å²) in [7, 11) is -1.51. The lowest BCUT2D eigenvalue weighted by Gasteiger charge is -2.08. The second-order valence-electron chi connectivity index (χ2n) is 4.55. The Balaban J connectivity index is 2.43. The first-order chi connectivity index (χ1) is 10.0. The van der Waals surface area contributed by atoms with Crippen molar-refractivity contribution in [2.45, 2.75) is 19.9 Å². The second kappa shape index (κ2) is 6.62. The van der Waals surface area contributed by atoms with Gasteiger partial charge in [0.1, 0.15) is 11.3 Å². The first-order valence-electron chi connectivity index (χ1n) is 6.67. The lowest BCUT2D eigenvalue weighted by molar-refractivity contribution is 0.399. The predicted octanol–water partition coefficient (Wildman–Crippen LogP) is 1.66. The topological polar surface area (TPSA) is 74.1 Å². The molecule has 2 aromatic heterocycles. The van der Waals surface area contributed by atoms with Crippen molar-refractivity contribution < 1.29 is 13.2 Å². The number of halogens is 1. The average molecular weight is 332 g/mol. The number of alkyl halides is 1. The lowest BCUT2D eigenvalue weighted by atomic mass is 10.4. The fraction of sp³-hybridized carbons (Fsp3) is 0.538. The van der Waals surface area contributed by atoms with Gasteiger partial charge in [0.05, 0.1) is 12.9 Å². The van der Waals surface area contributed by atoms with E-state index in [1.54, 1.807) is 13.0 Å². The zero-order valence-electron chi connectivity index (χ0n) is 12.0. The van der Waals surface area contributed by atoms with Crippen LogP contribution in [0.5, 0.6) is 5.88 Å². The van der Waals surface area contributed by atoms with Crippen molar-refractivity contribution in [2.75, 3.05) is 24.5 Å². The Hall–Kier alpha value is -1.34. The SMILES string of the molecule is CCS(=O)(=O)CCn1c(CCCl)nc2ccc(OC)nc21. The quantitative estimate of drug-likeness (QED) is 0.721. The number of pyridine rings is 1. The standard InChI is InChI=1S/C13H18ClN3O3S/c1-3-21(18,19)9-8-17-11(6-7-14)15-10-4-5-12(20-2)16-13(10)17/h4-5H,3,6-9H2,1-2H3. The van der Waals surface area contributed by atoms with Gasteiger partial charge in [-0.3, -0.25) is 0 Å². The molecule has 116 valence electrons. The number of imidazole rings is 1. The molecule has 2 aromatic rings. The highest BCUT2D eigenvalue weighted by atomic mass is 35.5. The Morgan fingerprint density at radius 1 is 1.33 bits per heavy atom. The summed E-state index contributed by atoms with van der Waals surface area (Å²) in [5.74, 6) is 1.82. The molecule has 8 heteroatoms. The van der Waals surface area contributed by atoms with Crippen LogP contribution < -0.4 is 4.74 Å².